The van der Waals surface area contributed by atoms with Crippen LogP contribution in [0.4, 0.5) is 0 Å². The molecule has 1 aromatic heterocycles. The Morgan fingerprint density at radius 2 is 2.00 bits per heavy atom. The molecule has 0 bridgehead atoms. The third-order valence-electron chi connectivity index (χ3n) is 4.81. The van der Waals surface area contributed by atoms with Crippen LogP contribution in [-0.4, -0.2) is 23.0 Å². The molecule has 0 saturated carbocycles. The fourth-order valence-corrected chi connectivity index (χ4v) is 3.84. The van der Waals surface area contributed by atoms with Gasteiger partial charge in [-0.05, 0) is 90.3 Å². The third-order valence-corrected chi connectivity index (χ3v) is 5.48. The molecule has 0 amide bonds. The van der Waals surface area contributed by atoms with E-state index in [9.17, 15) is 0 Å². The van der Waals surface area contributed by atoms with Gasteiger partial charge < -0.3 is 4.42 Å². The van der Waals surface area contributed by atoms with Crippen molar-refractivity contribution in [3.05, 3.63) is 51.6 Å². The minimum Gasteiger partial charge on any atom is -0.436 e. The van der Waals surface area contributed by atoms with Gasteiger partial charge in [-0.15, -0.1) is 0 Å². The highest BCUT2D eigenvalue weighted by Crippen LogP contribution is 2.26. The number of piperidine rings is 1. The van der Waals surface area contributed by atoms with Gasteiger partial charge in [0.15, 0.2) is 5.58 Å². The van der Waals surface area contributed by atoms with Gasteiger partial charge in [0.2, 0.25) is 5.89 Å². The molecule has 1 aliphatic rings. The summed E-state index contributed by atoms with van der Waals surface area (Å²) in [6.07, 6.45) is 2.62. The van der Waals surface area contributed by atoms with E-state index >= 15 is 0 Å². The summed E-state index contributed by atoms with van der Waals surface area (Å²) in [5.74, 6) is 1.57. The number of benzene rings is 2. The number of oxazole rings is 1. The molecule has 0 N–H and O–H groups in total. The highest BCUT2D eigenvalue weighted by Gasteiger charge is 2.16. The van der Waals surface area contributed by atoms with Gasteiger partial charge in [-0.3, -0.25) is 4.90 Å². The van der Waals surface area contributed by atoms with Crippen molar-refractivity contribution in [3.63, 3.8) is 0 Å². The first kappa shape index (κ1) is 16.1. The van der Waals surface area contributed by atoms with E-state index in [0.29, 0.717) is 5.89 Å². The molecule has 0 radical (unpaired) electrons. The predicted octanol–water partition coefficient (Wildman–Crippen LogP) is 5.33. The molecule has 1 aliphatic heterocycles. The molecule has 2 aromatic carbocycles. The van der Waals surface area contributed by atoms with Crippen molar-refractivity contribution < 1.29 is 4.42 Å². The molecule has 0 unspecified atom stereocenters. The number of rotatable bonds is 3. The molecular weight excluding hydrogens is 411 g/mol. The van der Waals surface area contributed by atoms with Gasteiger partial charge in [-0.1, -0.05) is 19.1 Å². The maximum atomic E-state index is 5.94. The van der Waals surface area contributed by atoms with E-state index in [1.807, 2.05) is 12.1 Å². The van der Waals surface area contributed by atoms with E-state index in [0.717, 1.165) is 29.1 Å². The minimum atomic E-state index is 0.701. The average Bonchev–Trinajstić information content (AvgIpc) is 3.00. The largest absolute Gasteiger partial charge is 0.436 e. The molecule has 1 saturated heterocycles. The van der Waals surface area contributed by atoms with Crippen LogP contribution in [0.1, 0.15) is 25.3 Å². The maximum Gasteiger partial charge on any atom is 0.227 e. The Kier molecular flexibility index (Phi) is 4.59. The minimum absolute atomic E-state index is 0.701. The lowest BCUT2D eigenvalue weighted by atomic mass is 9.99. The molecule has 24 heavy (non-hydrogen) atoms. The van der Waals surface area contributed by atoms with Gasteiger partial charge in [0, 0.05) is 15.7 Å². The van der Waals surface area contributed by atoms with Crippen molar-refractivity contribution in [1.82, 2.24) is 9.88 Å². The highest BCUT2D eigenvalue weighted by atomic mass is 127. The summed E-state index contributed by atoms with van der Waals surface area (Å²) < 4.78 is 7.13. The number of nitrogens with zero attached hydrogens (tertiary/aromatic N) is 2. The molecule has 124 valence electrons. The first-order chi connectivity index (χ1) is 11.7. The van der Waals surface area contributed by atoms with Crippen LogP contribution in [0.3, 0.4) is 0 Å². The number of aromatic nitrogens is 1. The van der Waals surface area contributed by atoms with Gasteiger partial charge >= 0.3 is 0 Å². The second kappa shape index (κ2) is 6.84. The molecular formula is C20H21IN2O. The number of fused-ring (bicyclic) bond motifs is 1. The Morgan fingerprint density at radius 3 is 2.79 bits per heavy atom. The first-order valence-electron chi connectivity index (χ1n) is 8.55. The fourth-order valence-electron chi connectivity index (χ4n) is 3.29. The number of hydrogen-bond acceptors (Lipinski definition) is 3. The van der Waals surface area contributed by atoms with E-state index in [2.05, 4.69) is 64.7 Å². The van der Waals surface area contributed by atoms with Gasteiger partial charge in [0.05, 0.1) is 0 Å². The van der Waals surface area contributed by atoms with E-state index in [1.165, 1.54) is 35.1 Å². The lowest BCUT2D eigenvalue weighted by molar-refractivity contribution is 0.185. The summed E-state index contributed by atoms with van der Waals surface area (Å²) in [7, 11) is 0. The van der Waals surface area contributed by atoms with Gasteiger partial charge in [-0.2, -0.15) is 0 Å². The van der Waals surface area contributed by atoms with E-state index in [4.69, 9.17) is 9.40 Å². The van der Waals surface area contributed by atoms with Crippen LogP contribution in [0, 0.1) is 9.49 Å². The Bertz CT molecular complexity index is 850. The van der Waals surface area contributed by atoms with Crippen LogP contribution in [0.15, 0.2) is 46.9 Å². The third kappa shape index (κ3) is 3.49. The summed E-state index contributed by atoms with van der Waals surface area (Å²) >= 11 is 2.31. The fraction of sp³-hybridized carbons (Fsp3) is 0.350. The Labute approximate surface area is 156 Å². The van der Waals surface area contributed by atoms with Gasteiger partial charge in [-0.25, -0.2) is 4.98 Å². The van der Waals surface area contributed by atoms with E-state index in [1.54, 1.807) is 0 Å². The lowest BCUT2D eigenvalue weighted by Crippen LogP contribution is -2.32. The summed E-state index contributed by atoms with van der Waals surface area (Å²) in [4.78, 5) is 7.24. The Morgan fingerprint density at radius 1 is 1.17 bits per heavy atom. The normalized spacial score (nSPS) is 16.8. The number of halogens is 1. The molecule has 4 heteroatoms. The SMILES string of the molecule is CC1CCN(Cc2ccc3oc(-c4cccc(I)c4)nc3c2)CC1. The van der Waals surface area contributed by atoms with Crippen molar-refractivity contribution in [1.29, 1.82) is 0 Å². The molecule has 3 aromatic rings. The monoisotopic (exact) mass is 432 g/mol. The van der Waals surface area contributed by atoms with Gasteiger partial charge in [0.1, 0.15) is 5.52 Å². The maximum absolute atomic E-state index is 5.94. The second-order valence-corrected chi connectivity index (χ2v) is 8.04. The smallest absolute Gasteiger partial charge is 0.227 e. The predicted molar refractivity (Wildman–Crippen MR) is 106 cm³/mol. The standard InChI is InChI=1S/C20H21IN2O/c1-14-7-9-23(10-8-14)13-15-5-6-19-18(11-15)22-20(24-19)16-3-2-4-17(21)12-16/h2-6,11-12,14H,7-10,13H2,1H3. The van der Waals surface area contributed by atoms with Crippen molar-refractivity contribution >= 4 is 33.7 Å². The summed E-state index contributed by atoms with van der Waals surface area (Å²) in [5, 5.41) is 0. The molecule has 0 atom stereocenters. The zero-order chi connectivity index (χ0) is 16.5. The summed E-state index contributed by atoms with van der Waals surface area (Å²) in [6.45, 7) is 5.76. The molecule has 0 spiro atoms. The van der Waals surface area contributed by atoms with Gasteiger partial charge in [0.25, 0.3) is 0 Å². The second-order valence-electron chi connectivity index (χ2n) is 6.79. The highest BCUT2D eigenvalue weighted by molar-refractivity contribution is 14.1. The van der Waals surface area contributed by atoms with Crippen molar-refractivity contribution in [3.8, 4) is 11.5 Å². The quantitative estimate of drug-likeness (QED) is 0.524. The Balaban J connectivity index is 1.57. The van der Waals surface area contributed by atoms with Crippen molar-refractivity contribution in [2.75, 3.05) is 13.1 Å². The van der Waals surface area contributed by atoms with Crippen LogP contribution in [0.25, 0.3) is 22.6 Å². The van der Waals surface area contributed by atoms with Crippen molar-refractivity contribution in [2.45, 2.75) is 26.3 Å². The van der Waals surface area contributed by atoms with Crippen molar-refractivity contribution in [2.24, 2.45) is 5.92 Å². The molecule has 2 heterocycles. The average molecular weight is 432 g/mol. The topological polar surface area (TPSA) is 29.3 Å². The molecule has 4 rings (SSSR count). The summed E-state index contributed by atoms with van der Waals surface area (Å²) in [6, 6.07) is 14.7. The molecule has 0 aliphatic carbocycles. The molecule has 1 fully saturated rings. The summed E-state index contributed by atoms with van der Waals surface area (Å²) in [5.41, 5.74) is 4.16. The van der Waals surface area contributed by atoms with E-state index < -0.39 is 0 Å². The van der Waals surface area contributed by atoms with Crippen LogP contribution in [-0.2, 0) is 6.54 Å². The first-order valence-corrected chi connectivity index (χ1v) is 9.63. The zero-order valence-electron chi connectivity index (χ0n) is 13.8. The zero-order valence-corrected chi connectivity index (χ0v) is 16.0. The number of hydrogen-bond donors (Lipinski definition) is 0. The lowest BCUT2D eigenvalue weighted by Gasteiger charge is -2.30. The number of likely N-dealkylation sites (tertiary alicyclic amines) is 1. The van der Waals surface area contributed by atoms with Crippen LogP contribution in [0.5, 0.6) is 0 Å². The van der Waals surface area contributed by atoms with E-state index in [-0.39, 0.29) is 0 Å². The molecule has 3 nitrogen and oxygen atoms in total. The Hall–Kier alpha value is -1.40. The van der Waals surface area contributed by atoms with Crippen LogP contribution in [0.2, 0.25) is 0 Å². The van der Waals surface area contributed by atoms with Crippen LogP contribution < -0.4 is 0 Å². The van der Waals surface area contributed by atoms with Crippen LogP contribution >= 0.6 is 22.6 Å².